The van der Waals surface area contributed by atoms with Crippen molar-refractivity contribution >= 4 is 39.6 Å². The maximum absolute atomic E-state index is 11.6. The first kappa shape index (κ1) is 12.5. The molecule has 0 saturated carbocycles. The number of rotatable bonds is 2. The fraction of sp³-hybridized carbons (Fsp3) is 0.188. The Bertz CT molecular complexity index is 834. The van der Waals surface area contributed by atoms with Gasteiger partial charge in [-0.05, 0) is 30.4 Å². The normalized spacial score (nSPS) is 14.4. The molecule has 0 fully saturated rings. The molecule has 0 amide bonds. The van der Waals surface area contributed by atoms with Crippen LogP contribution in [0.5, 0.6) is 0 Å². The number of anilines is 2. The van der Waals surface area contributed by atoms with Gasteiger partial charge < -0.3 is 15.0 Å². The summed E-state index contributed by atoms with van der Waals surface area (Å²) in [5, 5.41) is 12.6. The van der Waals surface area contributed by atoms with Gasteiger partial charge in [-0.1, -0.05) is 18.2 Å². The van der Waals surface area contributed by atoms with Crippen LogP contribution in [0.15, 0.2) is 35.7 Å². The highest BCUT2D eigenvalue weighted by atomic mass is 32.1. The number of aromatic amines is 1. The SMILES string of the molecule is O=C(O)c1[nH]c2ccccc2c1N1CCCc2sccc21. The van der Waals surface area contributed by atoms with Crippen molar-refractivity contribution < 1.29 is 9.90 Å². The lowest BCUT2D eigenvalue weighted by Gasteiger charge is -2.29. The van der Waals surface area contributed by atoms with E-state index in [0.29, 0.717) is 0 Å². The van der Waals surface area contributed by atoms with Crippen LogP contribution in [0.2, 0.25) is 0 Å². The summed E-state index contributed by atoms with van der Waals surface area (Å²) in [7, 11) is 0. The first-order chi connectivity index (χ1) is 10.3. The van der Waals surface area contributed by atoms with Crippen molar-refractivity contribution in [2.75, 3.05) is 11.4 Å². The number of H-pyrrole nitrogens is 1. The van der Waals surface area contributed by atoms with E-state index in [1.807, 2.05) is 24.3 Å². The number of carboxylic acid groups (broad SMARTS) is 1. The summed E-state index contributed by atoms with van der Waals surface area (Å²) < 4.78 is 0. The third-order valence-electron chi connectivity index (χ3n) is 3.96. The van der Waals surface area contributed by atoms with E-state index in [1.165, 1.54) is 4.88 Å². The molecule has 106 valence electrons. The number of nitrogens with one attached hydrogen (secondary N) is 1. The molecule has 0 radical (unpaired) electrons. The first-order valence-electron chi connectivity index (χ1n) is 6.93. The molecule has 3 heterocycles. The van der Waals surface area contributed by atoms with Crippen molar-refractivity contribution in [2.45, 2.75) is 12.8 Å². The molecule has 0 saturated heterocycles. The standard InChI is InChI=1S/C16H14N2O2S/c19-16(20)14-15(10-4-1-2-5-11(10)17-14)18-8-3-6-13-12(18)7-9-21-13/h1-2,4-5,7,9,17H,3,6,8H2,(H,19,20). The molecule has 0 bridgehead atoms. The smallest absolute Gasteiger partial charge is 0.354 e. The van der Waals surface area contributed by atoms with Crippen molar-refractivity contribution in [3.63, 3.8) is 0 Å². The Morgan fingerprint density at radius 1 is 1.29 bits per heavy atom. The number of aromatic carboxylic acids is 1. The van der Waals surface area contributed by atoms with E-state index >= 15 is 0 Å². The van der Waals surface area contributed by atoms with E-state index in [4.69, 9.17) is 0 Å². The summed E-state index contributed by atoms with van der Waals surface area (Å²) in [5.41, 5.74) is 3.08. The van der Waals surface area contributed by atoms with Crippen molar-refractivity contribution in [3.05, 3.63) is 46.3 Å². The van der Waals surface area contributed by atoms with Gasteiger partial charge in [0, 0.05) is 22.3 Å². The number of thiophene rings is 1. The minimum Gasteiger partial charge on any atom is -0.477 e. The number of carboxylic acids is 1. The lowest BCUT2D eigenvalue weighted by molar-refractivity contribution is 0.0692. The van der Waals surface area contributed by atoms with Crippen LogP contribution < -0.4 is 4.90 Å². The minimum atomic E-state index is -0.913. The second-order valence-electron chi connectivity index (χ2n) is 5.18. The quantitative estimate of drug-likeness (QED) is 0.751. The largest absolute Gasteiger partial charge is 0.477 e. The molecule has 0 unspecified atom stereocenters. The molecule has 3 aromatic rings. The van der Waals surface area contributed by atoms with Crippen LogP contribution in [-0.2, 0) is 6.42 Å². The van der Waals surface area contributed by atoms with E-state index in [1.54, 1.807) is 11.3 Å². The fourth-order valence-corrected chi connectivity index (χ4v) is 4.00. The first-order valence-corrected chi connectivity index (χ1v) is 7.81. The summed E-state index contributed by atoms with van der Waals surface area (Å²) >= 11 is 1.75. The number of aromatic nitrogens is 1. The number of fused-ring (bicyclic) bond motifs is 2. The average molecular weight is 298 g/mol. The van der Waals surface area contributed by atoms with Gasteiger partial charge in [-0.25, -0.2) is 4.79 Å². The van der Waals surface area contributed by atoms with Gasteiger partial charge in [-0.15, -0.1) is 11.3 Å². The van der Waals surface area contributed by atoms with Gasteiger partial charge in [0.15, 0.2) is 0 Å². The van der Waals surface area contributed by atoms with Gasteiger partial charge in [0.05, 0.1) is 11.4 Å². The zero-order valence-corrected chi connectivity index (χ0v) is 12.1. The van der Waals surface area contributed by atoms with Gasteiger partial charge in [-0.3, -0.25) is 0 Å². The van der Waals surface area contributed by atoms with Crippen molar-refractivity contribution in [1.82, 2.24) is 4.98 Å². The third kappa shape index (κ3) is 1.85. The molecule has 2 N–H and O–H groups in total. The van der Waals surface area contributed by atoms with Crippen LogP contribution in [0, 0.1) is 0 Å². The lowest BCUT2D eigenvalue weighted by Crippen LogP contribution is -2.24. The summed E-state index contributed by atoms with van der Waals surface area (Å²) in [6, 6.07) is 9.86. The van der Waals surface area contributed by atoms with Gasteiger partial charge in [0.2, 0.25) is 0 Å². The molecule has 1 aliphatic heterocycles. The number of hydrogen-bond acceptors (Lipinski definition) is 3. The third-order valence-corrected chi connectivity index (χ3v) is 4.93. The zero-order valence-electron chi connectivity index (χ0n) is 11.3. The van der Waals surface area contributed by atoms with E-state index < -0.39 is 5.97 Å². The summed E-state index contributed by atoms with van der Waals surface area (Å²) in [4.78, 5) is 18.2. The minimum absolute atomic E-state index is 0.273. The molecule has 0 spiro atoms. The van der Waals surface area contributed by atoms with Crippen LogP contribution in [0.1, 0.15) is 21.8 Å². The molecule has 0 aliphatic carbocycles. The van der Waals surface area contributed by atoms with E-state index in [2.05, 4.69) is 21.3 Å². The Hall–Kier alpha value is -2.27. The summed E-state index contributed by atoms with van der Waals surface area (Å²) in [6.45, 7) is 0.853. The number of carbonyl (C=O) groups is 1. The van der Waals surface area contributed by atoms with E-state index in [0.717, 1.165) is 41.7 Å². The molecule has 4 nitrogen and oxygen atoms in total. The van der Waals surface area contributed by atoms with Crippen LogP contribution >= 0.6 is 11.3 Å². The monoisotopic (exact) mass is 298 g/mol. The number of benzene rings is 1. The predicted octanol–water partition coefficient (Wildman–Crippen LogP) is 4.01. The fourth-order valence-electron chi connectivity index (χ4n) is 3.07. The molecule has 0 atom stereocenters. The molecule has 1 aliphatic rings. The predicted molar refractivity (Wildman–Crippen MR) is 84.9 cm³/mol. The molecular formula is C16H14N2O2S. The Kier molecular flexibility index (Phi) is 2.75. The maximum atomic E-state index is 11.6. The van der Waals surface area contributed by atoms with Crippen molar-refractivity contribution in [1.29, 1.82) is 0 Å². The highest BCUT2D eigenvalue weighted by Gasteiger charge is 2.27. The van der Waals surface area contributed by atoms with Gasteiger partial charge in [0.25, 0.3) is 0 Å². The molecule has 1 aromatic carbocycles. The molecule has 21 heavy (non-hydrogen) atoms. The Morgan fingerprint density at radius 3 is 3.00 bits per heavy atom. The second kappa shape index (κ2) is 4.63. The number of nitrogens with zero attached hydrogens (tertiary/aromatic N) is 1. The number of para-hydroxylation sites is 1. The van der Waals surface area contributed by atoms with Crippen LogP contribution in [0.3, 0.4) is 0 Å². The number of hydrogen-bond donors (Lipinski definition) is 2. The van der Waals surface area contributed by atoms with Crippen molar-refractivity contribution in [2.24, 2.45) is 0 Å². The maximum Gasteiger partial charge on any atom is 0.354 e. The van der Waals surface area contributed by atoms with Crippen molar-refractivity contribution in [3.8, 4) is 0 Å². The topological polar surface area (TPSA) is 56.3 Å². The molecular weight excluding hydrogens is 284 g/mol. The summed E-state index contributed by atoms with van der Waals surface area (Å²) in [6.07, 6.45) is 2.13. The van der Waals surface area contributed by atoms with Crippen LogP contribution in [0.25, 0.3) is 10.9 Å². The Morgan fingerprint density at radius 2 is 2.14 bits per heavy atom. The van der Waals surface area contributed by atoms with Crippen LogP contribution in [-0.4, -0.2) is 22.6 Å². The van der Waals surface area contributed by atoms with E-state index in [-0.39, 0.29) is 5.69 Å². The second-order valence-corrected chi connectivity index (χ2v) is 6.18. The lowest BCUT2D eigenvalue weighted by atomic mass is 10.1. The van der Waals surface area contributed by atoms with E-state index in [9.17, 15) is 9.90 Å². The van der Waals surface area contributed by atoms with Gasteiger partial charge >= 0.3 is 5.97 Å². The molecule has 5 heteroatoms. The Balaban J connectivity index is 1.99. The van der Waals surface area contributed by atoms with Gasteiger partial charge in [-0.2, -0.15) is 0 Å². The highest BCUT2D eigenvalue weighted by molar-refractivity contribution is 7.10. The van der Waals surface area contributed by atoms with Gasteiger partial charge in [0.1, 0.15) is 5.69 Å². The highest BCUT2D eigenvalue weighted by Crippen LogP contribution is 2.41. The molecule has 4 rings (SSSR count). The zero-order chi connectivity index (χ0) is 14.4. The Labute approximate surface area is 125 Å². The molecule has 2 aromatic heterocycles. The number of aryl methyl sites for hydroxylation is 1. The average Bonchev–Trinajstić information content (AvgIpc) is 3.11. The van der Waals surface area contributed by atoms with Crippen LogP contribution in [0.4, 0.5) is 11.4 Å². The summed E-state index contributed by atoms with van der Waals surface area (Å²) in [5.74, 6) is -0.913.